The molecule has 0 aromatic heterocycles. The van der Waals surface area contributed by atoms with Crippen LogP contribution in [0, 0.1) is 5.92 Å². The van der Waals surface area contributed by atoms with Gasteiger partial charge in [-0.15, -0.1) is 0 Å². The highest BCUT2D eigenvalue weighted by atomic mass is 79.9. The third-order valence-electron chi connectivity index (χ3n) is 3.56. The molecule has 1 aromatic rings. The van der Waals surface area contributed by atoms with Crippen molar-refractivity contribution in [1.82, 2.24) is 5.32 Å². The zero-order chi connectivity index (χ0) is 13.5. The van der Waals surface area contributed by atoms with Crippen molar-refractivity contribution < 1.29 is 4.74 Å². The van der Waals surface area contributed by atoms with E-state index in [1.165, 1.54) is 25.7 Å². The van der Waals surface area contributed by atoms with Gasteiger partial charge in [0.05, 0.1) is 6.61 Å². The predicted octanol–water partition coefficient (Wildman–Crippen LogP) is 4.39. The van der Waals surface area contributed by atoms with Crippen LogP contribution < -0.4 is 10.1 Å². The fraction of sp³-hybridized carbons (Fsp3) is 0.625. The van der Waals surface area contributed by atoms with E-state index in [0.29, 0.717) is 0 Å². The second kappa shape index (κ2) is 7.91. The van der Waals surface area contributed by atoms with E-state index in [-0.39, 0.29) is 0 Å². The number of hydrogen-bond donors (Lipinski definition) is 1. The minimum absolute atomic E-state index is 0.748. The van der Waals surface area contributed by atoms with Crippen LogP contribution in [-0.4, -0.2) is 19.2 Å². The lowest BCUT2D eigenvalue weighted by atomic mass is 10.0. The molecule has 1 unspecified atom stereocenters. The smallest absolute Gasteiger partial charge is 0.120 e. The summed E-state index contributed by atoms with van der Waals surface area (Å²) in [6.45, 7) is 4.23. The summed E-state index contributed by atoms with van der Waals surface area (Å²) < 4.78 is 6.90. The maximum absolute atomic E-state index is 5.83. The Morgan fingerprint density at radius 1 is 1.37 bits per heavy atom. The van der Waals surface area contributed by atoms with E-state index in [2.05, 4.69) is 28.2 Å². The van der Waals surface area contributed by atoms with E-state index in [1.807, 2.05) is 24.3 Å². The van der Waals surface area contributed by atoms with Crippen molar-refractivity contribution in [3.63, 3.8) is 0 Å². The summed E-state index contributed by atoms with van der Waals surface area (Å²) >= 11 is 3.47. The lowest BCUT2D eigenvalue weighted by molar-refractivity contribution is 0.267. The van der Waals surface area contributed by atoms with E-state index < -0.39 is 0 Å². The summed E-state index contributed by atoms with van der Waals surface area (Å²) in [6.07, 6.45) is 6.43. The summed E-state index contributed by atoms with van der Waals surface area (Å²) in [5.74, 6) is 1.71. The molecular formula is C16H24BrNO. The summed E-state index contributed by atoms with van der Waals surface area (Å²) in [7, 11) is 0. The Kier molecular flexibility index (Phi) is 6.18. The molecule has 2 rings (SSSR count). The Labute approximate surface area is 125 Å². The maximum atomic E-state index is 5.83. The van der Waals surface area contributed by atoms with Crippen molar-refractivity contribution in [3.8, 4) is 5.75 Å². The fourth-order valence-corrected chi connectivity index (χ4v) is 2.66. The number of hydrogen-bond acceptors (Lipinski definition) is 2. The Hall–Kier alpha value is -0.540. The minimum Gasteiger partial charge on any atom is -0.494 e. The fourth-order valence-electron chi connectivity index (χ4n) is 2.28. The normalized spacial score (nSPS) is 16.3. The standard InChI is InChI=1S/C16H24BrNO/c1-2-4-13(12-18-15-7-8-15)9-10-19-16-6-3-5-14(17)11-16/h3,5-6,11,13,15,18H,2,4,7-10,12H2,1H3. The highest BCUT2D eigenvalue weighted by Crippen LogP contribution is 2.21. The second-order valence-corrected chi connectivity index (χ2v) is 6.35. The quantitative estimate of drug-likeness (QED) is 0.727. The molecule has 0 aliphatic heterocycles. The van der Waals surface area contributed by atoms with Crippen LogP contribution in [-0.2, 0) is 0 Å². The number of benzene rings is 1. The number of ether oxygens (including phenoxy) is 1. The van der Waals surface area contributed by atoms with E-state index in [0.717, 1.165) is 41.8 Å². The van der Waals surface area contributed by atoms with Gasteiger partial charge >= 0.3 is 0 Å². The van der Waals surface area contributed by atoms with Gasteiger partial charge in [-0.25, -0.2) is 0 Å². The van der Waals surface area contributed by atoms with Crippen molar-refractivity contribution in [2.75, 3.05) is 13.2 Å². The third kappa shape index (κ3) is 5.96. The average molecular weight is 326 g/mol. The summed E-state index contributed by atoms with van der Waals surface area (Å²) in [4.78, 5) is 0. The number of rotatable bonds is 9. The third-order valence-corrected chi connectivity index (χ3v) is 4.05. The monoisotopic (exact) mass is 325 g/mol. The maximum Gasteiger partial charge on any atom is 0.120 e. The van der Waals surface area contributed by atoms with Crippen LogP contribution in [0.3, 0.4) is 0 Å². The van der Waals surface area contributed by atoms with Gasteiger partial charge in [0.15, 0.2) is 0 Å². The Morgan fingerprint density at radius 3 is 2.89 bits per heavy atom. The van der Waals surface area contributed by atoms with Crippen LogP contribution in [0.15, 0.2) is 28.7 Å². The van der Waals surface area contributed by atoms with Crippen molar-refractivity contribution in [2.45, 2.75) is 45.1 Å². The molecule has 0 radical (unpaired) electrons. The molecule has 3 heteroatoms. The van der Waals surface area contributed by atoms with Crippen LogP contribution in [0.5, 0.6) is 5.75 Å². The lowest BCUT2D eigenvalue weighted by Crippen LogP contribution is -2.25. The van der Waals surface area contributed by atoms with Gasteiger partial charge in [-0.1, -0.05) is 35.3 Å². The van der Waals surface area contributed by atoms with Crippen molar-refractivity contribution in [2.24, 2.45) is 5.92 Å². The molecule has 0 amide bonds. The van der Waals surface area contributed by atoms with Gasteiger partial charge < -0.3 is 10.1 Å². The van der Waals surface area contributed by atoms with E-state index in [1.54, 1.807) is 0 Å². The SMILES string of the molecule is CCCC(CCOc1cccc(Br)c1)CNC1CC1. The van der Waals surface area contributed by atoms with Crippen molar-refractivity contribution >= 4 is 15.9 Å². The Bertz CT molecular complexity index is 379. The van der Waals surface area contributed by atoms with E-state index in [4.69, 9.17) is 4.74 Å². The van der Waals surface area contributed by atoms with Crippen LogP contribution in [0.1, 0.15) is 39.0 Å². The van der Waals surface area contributed by atoms with Gasteiger partial charge in [0.25, 0.3) is 0 Å². The second-order valence-electron chi connectivity index (χ2n) is 5.43. The largest absolute Gasteiger partial charge is 0.494 e. The predicted molar refractivity (Wildman–Crippen MR) is 83.7 cm³/mol. The molecule has 1 saturated carbocycles. The first kappa shape index (κ1) is 14.9. The molecule has 1 aliphatic rings. The molecule has 2 nitrogen and oxygen atoms in total. The van der Waals surface area contributed by atoms with E-state index >= 15 is 0 Å². The molecule has 1 aliphatic carbocycles. The summed E-state index contributed by atoms with van der Waals surface area (Å²) in [5, 5.41) is 3.64. The van der Waals surface area contributed by atoms with Gasteiger partial charge in [-0.3, -0.25) is 0 Å². The van der Waals surface area contributed by atoms with Crippen LogP contribution in [0.4, 0.5) is 0 Å². The van der Waals surface area contributed by atoms with Crippen molar-refractivity contribution in [1.29, 1.82) is 0 Å². The van der Waals surface area contributed by atoms with Crippen molar-refractivity contribution in [3.05, 3.63) is 28.7 Å². The molecular weight excluding hydrogens is 302 g/mol. The van der Waals surface area contributed by atoms with Gasteiger partial charge in [-0.2, -0.15) is 0 Å². The molecule has 1 atom stereocenters. The van der Waals surface area contributed by atoms with Gasteiger partial charge in [0.2, 0.25) is 0 Å². The first-order valence-corrected chi connectivity index (χ1v) is 8.19. The topological polar surface area (TPSA) is 21.3 Å². The molecule has 1 N–H and O–H groups in total. The first-order valence-electron chi connectivity index (χ1n) is 7.39. The van der Waals surface area contributed by atoms with Crippen LogP contribution in [0.2, 0.25) is 0 Å². The molecule has 0 spiro atoms. The Balaban J connectivity index is 1.68. The summed E-state index contributed by atoms with van der Waals surface area (Å²) in [6, 6.07) is 8.88. The minimum atomic E-state index is 0.748. The van der Waals surface area contributed by atoms with Crippen LogP contribution in [0.25, 0.3) is 0 Å². The molecule has 0 bridgehead atoms. The zero-order valence-corrected chi connectivity index (χ0v) is 13.3. The molecule has 1 fully saturated rings. The molecule has 0 saturated heterocycles. The van der Waals surface area contributed by atoms with Gasteiger partial charge in [0, 0.05) is 10.5 Å². The average Bonchev–Trinajstić information content (AvgIpc) is 3.20. The molecule has 1 aromatic carbocycles. The highest BCUT2D eigenvalue weighted by Gasteiger charge is 2.21. The highest BCUT2D eigenvalue weighted by molar-refractivity contribution is 9.10. The Morgan fingerprint density at radius 2 is 2.21 bits per heavy atom. The molecule has 0 heterocycles. The van der Waals surface area contributed by atoms with E-state index in [9.17, 15) is 0 Å². The molecule has 106 valence electrons. The first-order chi connectivity index (χ1) is 9.28. The van der Waals surface area contributed by atoms with Gasteiger partial charge in [0.1, 0.15) is 5.75 Å². The number of halogens is 1. The number of nitrogens with one attached hydrogen (secondary N) is 1. The summed E-state index contributed by atoms with van der Waals surface area (Å²) in [5.41, 5.74) is 0. The van der Waals surface area contributed by atoms with Gasteiger partial charge in [-0.05, 0) is 56.3 Å². The van der Waals surface area contributed by atoms with Crippen LogP contribution >= 0.6 is 15.9 Å². The molecule has 19 heavy (non-hydrogen) atoms. The zero-order valence-electron chi connectivity index (χ0n) is 11.7. The lowest BCUT2D eigenvalue weighted by Gasteiger charge is -2.17.